The zero-order valence-electron chi connectivity index (χ0n) is 10.3. The second kappa shape index (κ2) is 4.78. The third-order valence-electron chi connectivity index (χ3n) is 3.02. The van der Waals surface area contributed by atoms with Crippen LogP contribution in [0.3, 0.4) is 0 Å². The highest BCUT2D eigenvalue weighted by Crippen LogP contribution is 2.27. The Bertz CT molecular complexity index is 886. The third-order valence-corrected chi connectivity index (χ3v) is 5.88. The summed E-state index contributed by atoms with van der Waals surface area (Å²) in [6.45, 7) is 0. The smallest absolute Gasteiger partial charge is 0.269 e. The molecule has 2 N–H and O–H groups in total. The molecule has 0 saturated heterocycles. The largest absolute Gasteiger partial charge is 0.399 e. The maximum atomic E-state index is 12.7. The van der Waals surface area contributed by atoms with Gasteiger partial charge in [-0.15, -0.1) is 0 Å². The number of fused-ring (bicyclic) bond motifs is 1. The van der Waals surface area contributed by atoms with Gasteiger partial charge < -0.3 is 5.73 Å². The summed E-state index contributed by atoms with van der Waals surface area (Å²) in [5.41, 5.74) is 6.99. The van der Waals surface area contributed by atoms with Gasteiger partial charge in [0.1, 0.15) is 0 Å². The Hall–Kier alpha value is -1.54. The molecule has 0 amide bonds. The van der Waals surface area contributed by atoms with Crippen LogP contribution >= 0.6 is 22.6 Å². The Labute approximate surface area is 130 Å². The van der Waals surface area contributed by atoms with E-state index in [9.17, 15) is 8.42 Å². The highest BCUT2D eigenvalue weighted by atomic mass is 127. The summed E-state index contributed by atoms with van der Waals surface area (Å²) in [7, 11) is -3.60. The molecule has 3 aromatic rings. The zero-order valence-corrected chi connectivity index (χ0v) is 13.3. The van der Waals surface area contributed by atoms with Gasteiger partial charge in [0.2, 0.25) is 0 Å². The van der Waals surface area contributed by atoms with Crippen molar-refractivity contribution >= 4 is 49.2 Å². The highest BCUT2D eigenvalue weighted by Gasteiger charge is 2.21. The van der Waals surface area contributed by atoms with Gasteiger partial charge in [0.15, 0.2) is 0 Å². The molecule has 0 fully saturated rings. The summed E-state index contributed by atoms with van der Waals surface area (Å²) in [5.74, 6) is 0. The van der Waals surface area contributed by atoms with Gasteiger partial charge in [-0.2, -0.15) is 0 Å². The minimum atomic E-state index is -3.60. The summed E-state index contributed by atoms with van der Waals surface area (Å²) >= 11 is 2.02. The average molecular weight is 398 g/mol. The SMILES string of the molecule is Nc1ccc2c(c1)cc(I)n2S(=O)(=O)c1ccccc1. The van der Waals surface area contributed by atoms with Crippen molar-refractivity contribution in [2.24, 2.45) is 0 Å². The van der Waals surface area contributed by atoms with Gasteiger partial charge in [-0.3, -0.25) is 0 Å². The molecular formula is C14H11IN2O2S. The number of aromatic nitrogens is 1. The Balaban J connectivity index is 2.32. The van der Waals surface area contributed by atoms with Crippen molar-refractivity contribution in [2.75, 3.05) is 5.73 Å². The lowest BCUT2D eigenvalue weighted by molar-refractivity contribution is 0.588. The van der Waals surface area contributed by atoms with Crippen LogP contribution < -0.4 is 5.73 Å². The molecule has 20 heavy (non-hydrogen) atoms. The number of nitrogen functional groups attached to an aromatic ring is 1. The number of anilines is 1. The molecule has 0 aliphatic rings. The number of nitrogens with zero attached hydrogens (tertiary/aromatic N) is 1. The van der Waals surface area contributed by atoms with Crippen molar-refractivity contribution in [3.63, 3.8) is 0 Å². The maximum absolute atomic E-state index is 12.7. The lowest BCUT2D eigenvalue weighted by Gasteiger charge is -2.09. The van der Waals surface area contributed by atoms with E-state index in [0.717, 1.165) is 5.39 Å². The second-order valence-electron chi connectivity index (χ2n) is 4.37. The molecule has 1 heterocycles. The van der Waals surface area contributed by atoms with E-state index in [0.29, 0.717) is 14.9 Å². The molecule has 0 atom stereocenters. The van der Waals surface area contributed by atoms with Crippen molar-refractivity contribution in [3.8, 4) is 0 Å². The van der Waals surface area contributed by atoms with E-state index in [1.165, 1.54) is 3.97 Å². The summed E-state index contributed by atoms with van der Waals surface area (Å²) in [6.07, 6.45) is 0. The number of benzene rings is 2. The van der Waals surface area contributed by atoms with Gasteiger partial charge in [0.25, 0.3) is 10.0 Å². The quantitative estimate of drug-likeness (QED) is 0.533. The number of halogens is 1. The van der Waals surface area contributed by atoms with E-state index < -0.39 is 10.0 Å². The molecule has 0 radical (unpaired) electrons. The van der Waals surface area contributed by atoms with Crippen LogP contribution in [0.15, 0.2) is 59.5 Å². The molecule has 1 aromatic heterocycles. The van der Waals surface area contributed by atoms with E-state index in [4.69, 9.17) is 5.73 Å². The minimum Gasteiger partial charge on any atom is -0.399 e. The summed E-state index contributed by atoms with van der Waals surface area (Å²) < 4.78 is 27.5. The standard InChI is InChI=1S/C14H11IN2O2S/c15-14-9-10-8-11(16)6-7-13(10)17(14)20(18,19)12-4-2-1-3-5-12/h1-9H,16H2. The van der Waals surface area contributed by atoms with Crippen molar-refractivity contribution in [1.82, 2.24) is 3.97 Å². The summed E-state index contributed by atoms with van der Waals surface area (Å²) in [4.78, 5) is 0.271. The predicted molar refractivity (Wildman–Crippen MR) is 88.1 cm³/mol. The fraction of sp³-hybridized carbons (Fsp3) is 0. The summed E-state index contributed by atoms with van der Waals surface area (Å²) in [5, 5.41) is 0.814. The van der Waals surface area contributed by atoms with Gasteiger partial charge in [-0.25, -0.2) is 12.4 Å². The number of rotatable bonds is 2. The monoisotopic (exact) mass is 398 g/mol. The fourth-order valence-electron chi connectivity index (χ4n) is 2.12. The first kappa shape index (κ1) is 13.4. The molecule has 6 heteroatoms. The molecule has 0 saturated carbocycles. The van der Waals surface area contributed by atoms with Crippen LogP contribution in [-0.2, 0) is 10.0 Å². The maximum Gasteiger partial charge on any atom is 0.269 e. The third kappa shape index (κ3) is 2.08. The average Bonchev–Trinajstić information content (AvgIpc) is 2.75. The van der Waals surface area contributed by atoms with Crippen molar-refractivity contribution in [3.05, 3.63) is 58.3 Å². The van der Waals surface area contributed by atoms with Crippen molar-refractivity contribution in [2.45, 2.75) is 4.90 Å². The van der Waals surface area contributed by atoms with Crippen LogP contribution in [0.2, 0.25) is 0 Å². The first-order valence-corrected chi connectivity index (χ1v) is 8.39. The van der Waals surface area contributed by atoms with E-state index in [1.54, 1.807) is 48.5 Å². The fourth-order valence-corrected chi connectivity index (χ4v) is 4.91. The van der Waals surface area contributed by atoms with Crippen LogP contribution in [0.25, 0.3) is 10.9 Å². The molecule has 0 aliphatic carbocycles. The molecule has 4 nitrogen and oxygen atoms in total. The van der Waals surface area contributed by atoms with Crippen LogP contribution in [0.5, 0.6) is 0 Å². The van der Waals surface area contributed by atoms with Crippen LogP contribution in [-0.4, -0.2) is 12.4 Å². The Morgan fingerprint density at radius 2 is 1.70 bits per heavy atom. The van der Waals surface area contributed by atoms with Gasteiger partial charge >= 0.3 is 0 Å². The van der Waals surface area contributed by atoms with Crippen LogP contribution in [0.1, 0.15) is 0 Å². The van der Waals surface area contributed by atoms with Gasteiger partial charge in [-0.05, 0) is 59.0 Å². The van der Waals surface area contributed by atoms with Crippen molar-refractivity contribution in [1.29, 1.82) is 0 Å². The molecule has 0 spiro atoms. The zero-order chi connectivity index (χ0) is 14.3. The molecule has 0 aliphatic heterocycles. The van der Waals surface area contributed by atoms with Crippen LogP contribution in [0, 0.1) is 3.70 Å². The molecule has 3 rings (SSSR count). The molecule has 2 aromatic carbocycles. The predicted octanol–water partition coefficient (Wildman–Crippen LogP) is 3.07. The highest BCUT2D eigenvalue weighted by molar-refractivity contribution is 14.1. The summed E-state index contributed by atoms with van der Waals surface area (Å²) in [6, 6.07) is 15.4. The Morgan fingerprint density at radius 1 is 1.00 bits per heavy atom. The number of hydrogen-bond donors (Lipinski definition) is 1. The topological polar surface area (TPSA) is 65.1 Å². The van der Waals surface area contributed by atoms with E-state index in [1.807, 2.05) is 28.7 Å². The van der Waals surface area contributed by atoms with E-state index >= 15 is 0 Å². The lowest BCUT2D eigenvalue weighted by Crippen LogP contribution is -2.14. The Kier molecular flexibility index (Phi) is 3.21. The first-order valence-electron chi connectivity index (χ1n) is 5.87. The van der Waals surface area contributed by atoms with Crippen LogP contribution in [0.4, 0.5) is 5.69 Å². The second-order valence-corrected chi connectivity index (χ2v) is 7.26. The van der Waals surface area contributed by atoms with Crippen molar-refractivity contribution < 1.29 is 8.42 Å². The van der Waals surface area contributed by atoms with Gasteiger partial charge in [0, 0.05) is 11.1 Å². The molecular weight excluding hydrogens is 387 g/mol. The lowest BCUT2D eigenvalue weighted by atomic mass is 10.2. The molecule has 0 unspecified atom stereocenters. The van der Waals surface area contributed by atoms with Gasteiger partial charge in [-0.1, -0.05) is 18.2 Å². The number of hydrogen-bond acceptors (Lipinski definition) is 3. The normalized spacial score (nSPS) is 11.8. The Morgan fingerprint density at radius 3 is 2.40 bits per heavy atom. The first-order chi connectivity index (χ1) is 9.50. The molecule has 102 valence electrons. The molecule has 0 bridgehead atoms. The number of nitrogens with two attached hydrogens (primary N) is 1. The van der Waals surface area contributed by atoms with E-state index in [-0.39, 0.29) is 4.90 Å². The minimum absolute atomic E-state index is 0.271. The van der Waals surface area contributed by atoms with Gasteiger partial charge in [0.05, 0.1) is 14.1 Å². The van der Waals surface area contributed by atoms with E-state index in [2.05, 4.69) is 0 Å².